The van der Waals surface area contributed by atoms with Crippen molar-refractivity contribution in [2.75, 3.05) is 19.0 Å². The van der Waals surface area contributed by atoms with Gasteiger partial charge < -0.3 is 10.5 Å². The summed E-state index contributed by atoms with van der Waals surface area (Å²) in [5.74, 6) is 1.19. The summed E-state index contributed by atoms with van der Waals surface area (Å²) in [6.07, 6.45) is 1.54. The van der Waals surface area contributed by atoms with Crippen LogP contribution in [-0.2, 0) is 0 Å². The Morgan fingerprint density at radius 1 is 1.50 bits per heavy atom. The first kappa shape index (κ1) is 11.6. The van der Waals surface area contributed by atoms with Crippen LogP contribution in [0.3, 0.4) is 0 Å². The van der Waals surface area contributed by atoms with Crippen molar-refractivity contribution in [1.82, 2.24) is 4.98 Å². The molecule has 1 aromatic rings. The molecule has 0 saturated heterocycles. The van der Waals surface area contributed by atoms with Crippen LogP contribution < -0.4 is 10.5 Å². The normalized spacial score (nSPS) is 12.5. The molecule has 1 atom stereocenters. The third-order valence-corrected chi connectivity index (χ3v) is 2.38. The van der Waals surface area contributed by atoms with Gasteiger partial charge in [0.05, 0.1) is 11.6 Å². The van der Waals surface area contributed by atoms with Crippen molar-refractivity contribution in [3.8, 4) is 5.88 Å². The first-order valence-corrected chi connectivity index (χ1v) is 5.18. The Bertz CT molecular complexity index is 262. The largest absolute Gasteiger partial charge is 0.477 e. The fraction of sp³-hybridized carbons (Fsp3) is 0.444. The van der Waals surface area contributed by atoms with E-state index in [1.165, 1.54) is 6.20 Å². The highest BCUT2D eigenvalue weighted by Crippen LogP contribution is 2.12. The summed E-state index contributed by atoms with van der Waals surface area (Å²) >= 11 is 11.3. The fourth-order valence-electron chi connectivity index (χ4n) is 0.826. The number of pyridine rings is 1. The summed E-state index contributed by atoms with van der Waals surface area (Å²) in [6.45, 7) is 0.992. The van der Waals surface area contributed by atoms with E-state index in [0.29, 0.717) is 29.9 Å². The lowest BCUT2D eigenvalue weighted by Gasteiger charge is -2.11. The molecule has 14 heavy (non-hydrogen) atoms. The second-order valence-corrected chi connectivity index (χ2v) is 3.63. The van der Waals surface area contributed by atoms with Gasteiger partial charge in [0.2, 0.25) is 5.88 Å². The van der Waals surface area contributed by atoms with Crippen LogP contribution in [0.1, 0.15) is 0 Å². The highest BCUT2D eigenvalue weighted by Gasteiger charge is 2.06. The van der Waals surface area contributed by atoms with Crippen molar-refractivity contribution >= 4 is 23.2 Å². The van der Waals surface area contributed by atoms with Crippen molar-refractivity contribution in [3.63, 3.8) is 0 Å². The molecule has 78 valence electrons. The molecule has 1 heterocycles. The molecule has 0 aromatic carbocycles. The summed E-state index contributed by atoms with van der Waals surface area (Å²) in [5, 5.41) is 0.588. The van der Waals surface area contributed by atoms with E-state index >= 15 is 0 Å². The number of halogens is 2. The van der Waals surface area contributed by atoms with Crippen molar-refractivity contribution in [3.05, 3.63) is 23.4 Å². The Morgan fingerprint density at radius 3 is 2.79 bits per heavy atom. The monoisotopic (exact) mass is 234 g/mol. The van der Waals surface area contributed by atoms with Gasteiger partial charge in [-0.3, -0.25) is 0 Å². The lowest BCUT2D eigenvalue weighted by atomic mass is 10.2. The van der Waals surface area contributed by atoms with E-state index in [0.717, 1.165) is 0 Å². The summed E-state index contributed by atoms with van der Waals surface area (Å²) in [5.41, 5.74) is 5.47. The molecule has 0 amide bonds. The van der Waals surface area contributed by atoms with Crippen LogP contribution in [0.25, 0.3) is 0 Å². The molecule has 2 N–H and O–H groups in total. The summed E-state index contributed by atoms with van der Waals surface area (Å²) in [4.78, 5) is 3.98. The van der Waals surface area contributed by atoms with Crippen LogP contribution in [0.15, 0.2) is 18.3 Å². The van der Waals surface area contributed by atoms with Gasteiger partial charge in [0.15, 0.2) is 0 Å². The highest BCUT2D eigenvalue weighted by atomic mass is 35.5. The molecule has 1 rings (SSSR count). The third kappa shape index (κ3) is 3.70. The lowest BCUT2D eigenvalue weighted by Crippen LogP contribution is -2.23. The second-order valence-electron chi connectivity index (χ2n) is 2.88. The highest BCUT2D eigenvalue weighted by molar-refractivity contribution is 6.30. The molecule has 0 aliphatic heterocycles. The summed E-state index contributed by atoms with van der Waals surface area (Å²) in [6, 6.07) is 3.44. The second kappa shape index (κ2) is 6.06. The standard InChI is InChI=1S/C9H12Cl2N2O/c10-3-7(4-12)6-14-9-2-1-8(11)5-13-9/h1-2,5,7H,3-4,6,12H2. The molecule has 0 bridgehead atoms. The molecule has 5 heteroatoms. The molecule has 0 fully saturated rings. The maximum absolute atomic E-state index is 5.67. The van der Waals surface area contributed by atoms with Gasteiger partial charge in [-0.1, -0.05) is 11.6 Å². The van der Waals surface area contributed by atoms with E-state index in [2.05, 4.69) is 4.98 Å². The fourth-order valence-corrected chi connectivity index (χ4v) is 1.15. The minimum absolute atomic E-state index is 0.161. The van der Waals surface area contributed by atoms with E-state index in [9.17, 15) is 0 Å². The number of aromatic nitrogens is 1. The summed E-state index contributed by atoms with van der Waals surface area (Å²) in [7, 11) is 0. The van der Waals surface area contributed by atoms with E-state index in [1.54, 1.807) is 12.1 Å². The van der Waals surface area contributed by atoms with Crippen molar-refractivity contribution in [2.24, 2.45) is 11.7 Å². The zero-order valence-electron chi connectivity index (χ0n) is 7.62. The van der Waals surface area contributed by atoms with E-state index in [1.807, 2.05) is 0 Å². The molecule has 0 radical (unpaired) electrons. The average molecular weight is 235 g/mol. The zero-order valence-corrected chi connectivity index (χ0v) is 9.13. The maximum Gasteiger partial charge on any atom is 0.213 e. The zero-order chi connectivity index (χ0) is 10.4. The van der Waals surface area contributed by atoms with Crippen LogP contribution in [0.2, 0.25) is 5.02 Å². The van der Waals surface area contributed by atoms with Crippen LogP contribution in [0.4, 0.5) is 0 Å². The van der Waals surface area contributed by atoms with Gasteiger partial charge in [0, 0.05) is 24.1 Å². The molecule has 0 aliphatic rings. The predicted molar refractivity (Wildman–Crippen MR) is 58.0 cm³/mol. The van der Waals surface area contributed by atoms with Gasteiger partial charge in [0.25, 0.3) is 0 Å². The Morgan fingerprint density at radius 2 is 2.29 bits per heavy atom. The number of nitrogens with two attached hydrogens (primary N) is 1. The number of alkyl halides is 1. The smallest absolute Gasteiger partial charge is 0.213 e. The Labute approximate surface area is 93.2 Å². The lowest BCUT2D eigenvalue weighted by molar-refractivity contribution is 0.256. The van der Waals surface area contributed by atoms with E-state index in [4.69, 9.17) is 33.7 Å². The Kier molecular flexibility index (Phi) is 5.01. The van der Waals surface area contributed by atoms with Crippen LogP contribution in [-0.4, -0.2) is 24.0 Å². The van der Waals surface area contributed by atoms with E-state index in [-0.39, 0.29) is 5.92 Å². The molecule has 1 unspecified atom stereocenters. The minimum Gasteiger partial charge on any atom is -0.477 e. The van der Waals surface area contributed by atoms with Crippen LogP contribution >= 0.6 is 23.2 Å². The van der Waals surface area contributed by atoms with Crippen LogP contribution in [0, 0.1) is 5.92 Å². The SMILES string of the molecule is NCC(CCl)COc1ccc(Cl)cn1. The van der Waals surface area contributed by atoms with Crippen molar-refractivity contribution < 1.29 is 4.74 Å². The number of rotatable bonds is 5. The molecular formula is C9H12Cl2N2O. The first-order chi connectivity index (χ1) is 6.76. The summed E-state index contributed by atoms with van der Waals surface area (Å²) < 4.78 is 5.37. The first-order valence-electron chi connectivity index (χ1n) is 4.26. The molecular weight excluding hydrogens is 223 g/mol. The number of nitrogens with zero attached hydrogens (tertiary/aromatic N) is 1. The molecule has 0 saturated carbocycles. The molecule has 0 spiro atoms. The number of hydrogen-bond donors (Lipinski definition) is 1. The van der Waals surface area contributed by atoms with Gasteiger partial charge in [0.1, 0.15) is 0 Å². The van der Waals surface area contributed by atoms with Gasteiger partial charge >= 0.3 is 0 Å². The average Bonchev–Trinajstić information content (AvgIpc) is 2.22. The van der Waals surface area contributed by atoms with E-state index < -0.39 is 0 Å². The quantitative estimate of drug-likeness (QED) is 0.793. The predicted octanol–water partition coefficient (Wildman–Crippen LogP) is 1.93. The van der Waals surface area contributed by atoms with Gasteiger partial charge in [-0.25, -0.2) is 4.98 Å². The minimum atomic E-state index is 0.161. The number of hydrogen-bond acceptors (Lipinski definition) is 3. The molecule has 3 nitrogen and oxygen atoms in total. The third-order valence-electron chi connectivity index (χ3n) is 1.72. The van der Waals surface area contributed by atoms with Crippen molar-refractivity contribution in [2.45, 2.75) is 0 Å². The van der Waals surface area contributed by atoms with Gasteiger partial charge in [-0.2, -0.15) is 0 Å². The number of ether oxygens (including phenoxy) is 1. The Balaban J connectivity index is 2.41. The van der Waals surface area contributed by atoms with Gasteiger partial charge in [-0.15, -0.1) is 11.6 Å². The maximum atomic E-state index is 5.67. The van der Waals surface area contributed by atoms with Crippen molar-refractivity contribution in [1.29, 1.82) is 0 Å². The van der Waals surface area contributed by atoms with Gasteiger partial charge in [-0.05, 0) is 12.6 Å². The molecule has 0 aliphatic carbocycles. The Hall–Kier alpha value is -0.510. The topological polar surface area (TPSA) is 48.1 Å². The van der Waals surface area contributed by atoms with Crippen LogP contribution in [0.5, 0.6) is 5.88 Å². The molecule has 1 aromatic heterocycles.